The summed E-state index contributed by atoms with van der Waals surface area (Å²) < 4.78 is 7.78. The monoisotopic (exact) mass is 823 g/mol. The van der Waals surface area contributed by atoms with E-state index in [1.807, 2.05) is 103 Å². The van der Waals surface area contributed by atoms with Crippen molar-refractivity contribution < 1.29 is 24.5 Å². The molecule has 8 nitrogen and oxygen atoms in total. The van der Waals surface area contributed by atoms with E-state index in [4.69, 9.17) is 4.42 Å². The van der Waals surface area contributed by atoms with Crippen LogP contribution in [0.15, 0.2) is 114 Å². The Kier molecular flexibility index (Phi) is 10.0. The van der Waals surface area contributed by atoms with Gasteiger partial charge in [0.15, 0.2) is 5.89 Å². The molecule has 3 aromatic heterocycles. The zero-order valence-corrected chi connectivity index (χ0v) is 30.4. The number of benzene rings is 4. The van der Waals surface area contributed by atoms with Crippen LogP contribution in [0.1, 0.15) is 56.5 Å². The Morgan fingerprint density at radius 3 is 2.12 bits per heavy atom. The van der Waals surface area contributed by atoms with E-state index in [1.54, 1.807) is 12.4 Å². The maximum atomic E-state index is 5.59. The third kappa shape index (κ3) is 6.77. The van der Waals surface area contributed by atoms with Crippen LogP contribution in [0, 0.1) is 25.7 Å². The predicted octanol–water partition coefficient (Wildman–Crippen LogP) is 9.72. The fraction of sp³-hybridized carbons (Fsp3) is 0.175. The molecule has 0 spiro atoms. The van der Waals surface area contributed by atoms with E-state index < -0.39 is 0 Å². The molecule has 0 unspecified atom stereocenters. The van der Waals surface area contributed by atoms with Crippen molar-refractivity contribution in [1.29, 1.82) is 0 Å². The smallest absolute Gasteiger partial charge is 0.488 e. The van der Waals surface area contributed by atoms with E-state index in [0.29, 0.717) is 17.7 Å². The Hall–Kier alpha value is -5.11. The Morgan fingerprint density at radius 2 is 1.45 bits per heavy atom. The average molecular weight is 823 g/mol. The number of oxazole rings is 1. The van der Waals surface area contributed by atoms with Crippen LogP contribution in [0.3, 0.4) is 0 Å². The number of imidazole rings is 1. The number of fused-ring (bicyclic) bond motifs is 2. The van der Waals surface area contributed by atoms with Gasteiger partial charge in [0.05, 0.1) is 11.4 Å². The van der Waals surface area contributed by atoms with Gasteiger partial charge in [-0.05, 0) is 35.1 Å². The Bertz CT molecular complexity index is 2070. The van der Waals surface area contributed by atoms with Crippen molar-refractivity contribution in [3.63, 3.8) is 0 Å². The molecular formula is C40H36IrN7O. The molecule has 0 atom stereocenters. The van der Waals surface area contributed by atoms with E-state index in [2.05, 4.69) is 82.5 Å². The fourth-order valence-corrected chi connectivity index (χ4v) is 5.97. The van der Waals surface area contributed by atoms with Gasteiger partial charge in [-0.1, -0.05) is 64.1 Å². The Morgan fingerprint density at radius 1 is 0.755 bits per heavy atom. The first kappa shape index (κ1) is 33.8. The molecular weight excluding hydrogens is 787 g/mol. The molecule has 4 heterocycles. The van der Waals surface area contributed by atoms with Crippen molar-refractivity contribution in [3.05, 3.63) is 146 Å². The molecule has 0 aliphatic carbocycles. The minimum atomic E-state index is 0. The molecule has 4 aromatic carbocycles. The van der Waals surface area contributed by atoms with Gasteiger partial charge in [-0.2, -0.15) is 30.3 Å². The number of para-hydroxylation sites is 3. The van der Waals surface area contributed by atoms with Crippen molar-refractivity contribution in [2.75, 3.05) is 9.80 Å². The number of aromatic nitrogens is 5. The molecule has 8 rings (SSSR count). The van der Waals surface area contributed by atoms with Crippen LogP contribution in [0.25, 0.3) is 28.2 Å². The quantitative estimate of drug-likeness (QED) is 0.155. The number of anilines is 4. The van der Waals surface area contributed by atoms with Gasteiger partial charge in [0.25, 0.3) is 0 Å². The summed E-state index contributed by atoms with van der Waals surface area (Å²) in [4.78, 5) is 22.1. The summed E-state index contributed by atoms with van der Waals surface area (Å²) in [5.41, 5.74) is 8.35. The first-order valence-corrected chi connectivity index (χ1v) is 16.1. The predicted molar refractivity (Wildman–Crippen MR) is 191 cm³/mol. The van der Waals surface area contributed by atoms with Gasteiger partial charge in [0, 0.05) is 48.6 Å². The molecule has 0 saturated carbocycles. The second kappa shape index (κ2) is 14.6. The Balaban J connectivity index is 0.000000171. The molecule has 0 bridgehead atoms. The third-order valence-electron chi connectivity index (χ3n) is 8.23. The van der Waals surface area contributed by atoms with Crippen molar-refractivity contribution in [3.8, 4) is 17.1 Å². The second-order valence-corrected chi connectivity index (χ2v) is 12.2. The van der Waals surface area contributed by atoms with Crippen LogP contribution in [-0.2, 0) is 20.1 Å². The molecule has 0 N–H and O–H groups in total. The maximum absolute atomic E-state index is 5.59. The molecule has 9 heteroatoms. The standard InChI is InChI=1S/C23H24N3O.C17H12N4.Ir/c1-14(2)18-7-6-8-19(15(3)4)22(18)26-12-11-24-23(26)17-9-10-21-20(13-17)25-16(5)27-21;1-3-7-14(8-4-1)20-13-21(15-9-5-2-6-10-15)17-16(20)18-11-12-19-17;/h6-8,10-15H,1-5H3;1-9,11-13H;/q-1;-2;+3. The molecule has 0 amide bonds. The maximum Gasteiger partial charge on any atom is 3.00 e. The zero-order chi connectivity index (χ0) is 33.2. The minimum absolute atomic E-state index is 0. The average Bonchev–Trinajstić information content (AvgIpc) is 3.85. The van der Waals surface area contributed by atoms with Crippen LogP contribution in [0.4, 0.5) is 23.0 Å². The summed E-state index contributed by atoms with van der Waals surface area (Å²) in [6.07, 6.45) is 7.30. The van der Waals surface area contributed by atoms with Gasteiger partial charge < -0.3 is 18.8 Å². The summed E-state index contributed by atoms with van der Waals surface area (Å²) >= 11 is 0. The van der Waals surface area contributed by atoms with Crippen LogP contribution in [-0.4, -0.2) is 24.5 Å². The summed E-state index contributed by atoms with van der Waals surface area (Å²) in [6, 6.07) is 34.9. The van der Waals surface area contributed by atoms with Crippen LogP contribution in [0.2, 0.25) is 0 Å². The van der Waals surface area contributed by atoms with Gasteiger partial charge in [0.2, 0.25) is 0 Å². The molecule has 0 radical (unpaired) electrons. The number of nitrogens with zero attached hydrogens (tertiary/aromatic N) is 7. The van der Waals surface area contributed by atoms with Gasteiger partial charge in [-0.3, -0.25) is 4.98 Å². The molecule has 0 saturated heterocycles. The molecule has 246 valence electrons. The van der Waals surface area contributed by atoms with Gasteiger partial charge >= 0.3 is 20.1 Å². The zero-order valence-electron chi connectivity index (χ0n) is 28.0. The Labute approximate surface area is 300 Å². The minimum Gasteiger partial charge on any atom is -0.488 e. The largest absolute Gasteiger partial charge is 3.00 e. The van der Waals surface area contributed by atoms with E-state index in [0.717, 1.165) is 45.5 Å². The van der Waals surface area contributed by atoms with Gasteiger partial charge in [0.1, 0.15) is 11.6 Å². The summed E-state index contributed by atoms with van der Waals surface area (Å²) in [6.45, 7) is 12.8. The van der Waals surface area contributed by atoms with Crippen LogP contribution in [0.5, 0.6) is 0 Å². The summed E-state index contributed by atoms with van der Waals surface area (Å²) in [7, 11) is 0. The molecule has 0 fully saturated rings. The molecule has 1 aliphatic heterocycles. The molecule has 49 heavy (non-hydrogen) atoms. The number of hydrogen-bond acceptors (Lipinski definition) is 7. The second-order valence-electron chi connectivity index (χ2n) is 12.2. The number of hydrogen-bond donors (Lipinski definition) is 0. The van der Waals surface area contributed by atoms with Crippen molar-refractivity contribution in [1.82, 2.24) is 24.5 Å². The SMILES string of the molecule is Cc1nc2cc(-c3nccn3-c3c(C(C)C)cccc3C(C)C)[c-]cc2o1.[Ir+3].[c-]1ccccc1N1[CH-]N(c2ccccc2)c2nccnc21. The van der Waals surface area contributed by atoms with Crippen molar-refractivity contribution in [2.24, 2.45) is 0 Å². The third-order valence-corrected chi connectivity index (χ3v) is 8.23. The summed E-state index contributed by atoms with van der Waals surface area (Å²) in [5.74, 6) is 3.99. The van der Waals surface area contributed by atoms with Crippen molar-refractivity contribution in [2.45, 2.75) is 46.5 Å². The number of rotatable bonds is 6. The van der Waals surface area contributed by atoms with Gasteiger partial charge in [-0.25, -0.2) is 15.0 Å². The topological polar surface area (TPSA) is 76.1 Å². The van der Waals surface area contributed by atoms with E-state index in [9.17, 15) is 0 Å². The summed E-state index contributed by atoms with van der Waals surface area (Å²) in [5, 5.41) is 0. The van der Waals surface area contributed by atoms with Crippen LogP contribution >= 0.6 is 0 Å². The molecule has 1 aliphatic rings. The first-order chi connectivity index (χ1) is 23.4. The molecule has 7 aromatic rings. The first-order valence-electron chi connectivity index (χ1n) is 16.1. The van der Waals surface area contributed by atoms with Crippen LogP contribution < -0.4 is 9.80 Å². The number of aryl methyl sites for hydroxylation is 1. The normalized spacial score (nSPS) is 12.2. The van der Waals surface area contributed by atoms with E-state index in [-0.39, 0.29) is 20.1 Å². The van der Waals surface area contributed by atoms with Crippen molar-refractivity contribution >= 4 is 34.1 Å². The van der Waals surface area contributed by atoms with E-state index in [1.165, 1.54) is 16.8 Å². The van der Waals surface area contributed by atoms with E-state index >= 15 is 0 Å². The fourth-order valence-electron chi connectivity index (χ4n) is 5.97. The van der Waals surface area contributed by atoms with Gasteiger partial charge in [-0.15, -0.1) is 36.1 Å².